The first-order valence-electron chi connectivity index (χ1n) is 10.8. The molecule has 162 valence electrons. The Balaban J connectivity index is 1.45. The lowest BCUT2D eigenvalue weighted by molar-refractivity contribution is -0.117. The van der Waals surface area contributed by atoms with Gasteiger partial charge in [-0.3, -0.25) is 9.69 Å². The molecule has 1 amide bonds. The SMILES string of the molecule is CC(C)c1ccc(NC(=O)CN2CCC[C@@H]2Cc2c(C(=O)O)sc3ccccc23)cc1. The Morgan fingerprint density at radius 3 is 2.61 bits per heavy atom. The first kappa shape index (κ1) is 21.5. The highest BCUT2D eigenvalue weighted by atomic mass is 32.1. The van der Waals surface area contributed by atoms with E-state index in [4.69, 9.17) is 0 Å². The van der Waals surface area contributed by atoms with E-state index in [0.29, 0.717) is 23.8 Å². The first-order chi connectivity index (χ1) is 14.9. The molecule has 1 fully saturated rings. The molecule has 0 radical (unpaired) electrons. The lowest BCUT2D eigenvalue weighted by Gasteiger charge is -2.24. The summed E-state index contributed by atoms with van der Waals surface area (Å²) in [7, 11) is 0. The van der Waals surface area contributed by atoms with Crippen molar-refractivity contribution in [2.24, 2.45) is 0 Å². The van der Waals surface area contributed by atoms with Gasteiger partial charge in [-0.1, -0.05) is 44.2 Å². The van der Waals surface area contributed by atoms with Crippen LogP contribution in [0, 0.1) is 0 Å². The van der Waals surface area contributed by atoms with Gasteiger partial charge in [-0.15, -0.1) is 11.3 Å². The maximum atomic E-state index is 12.7. The standard InChI is InChI=1S/C25H28N2O3S/c1-16(2)17-9-11-18(12-10-17)26-23(28)15-27-13-5-6-19(27)14-21-20-7-3-4-8-22(20)31-24(21)25(29)30/h3-4,7-12,16,19H,5-6,13-15H2,1-2H3,(H,26,28)(H,29,30)/t19-/m1/s1. The number of carboxylic acid groups (broad SMARTS) is 1. The molecule has 2 N–H and O–H groups in total. The van der Waals surface area contributed by atoms with E-state index >= 15 is 0 Å². The van der Waals surface area contributed by atoms with Crippen LogP contribution in [0.25, 0.3) is 10.1 Å². The molecule has 1 aromatic heterocycles. The van der Waals surface area contributed by atoms with E-state index in [2.05, 4.69) is 24.1 Å². The lowest BCUT2D eigenvalue weighted by atomic mass is 10.0. The zero-order valence-corrected chi connectivity index (χ0v) is 18.7. The van der Waals surface area contributed by atoms with Gasteiger partial charge in [0, 0.05) is 16.4 Å². The van der Waals surface area contributed by atoms with Crippen LogP contribution in [0.1, 0.15) is 53.4 Å². The van der Waals surface area contributed by atoms with Crippen molar-refractivity contribution in [3.05, 3.63) is 64.5 Å². The van der Waals surface area contributed by atoms with Crippen molar-refractivity contribution >= 4 is 39.0 Å². The molecule has 4 rings (SSSR count). The highest BCUT2D eigenvalue weighted by Gasteiger charge is 2.29. The number of anilines is 1. The molecular formula is C25H28N2O3S. The molecule has 0 aliphatic carbocycles. The van der Waals surface area contributed by atoms with Crippen LogP contribution in [-0.2, 0) is 11.2 Å². The number of nitrogens with one attached hydrogen (secondary N) is 1. The molecular weight excluding hydrogens is 408 g/mol. The number of fused-ring (bicyclic) bond motifs is 1. The third kappa shape index (κ3) is 4.81. The number of likely N-dealkylation sites (tertiary alicyclic amines) is 1. The quantitative estimate of drug-likeness (QED) is 0.522. The van der Waals surface area contributed by atoms with Crippen LogP contribution in [0.2, 0.25) is 0 Å². The van der Waals surface area contributed by atoms with E-state index in [9.17, 15) is 14.7 Å². The van der Waals surface area contributed by atoms with Crippen LogP contribution in [0.15, 0.2) is 48.5 Å². The summed E-state index contributed by atoms with van der Waals surface area (Å²) in [5.41, 5.74) is 2.95. The van der Waals surface area contributed by atoms with Crippen molar-refractivity contribution in [3.63, 3.8) is 0 Å². The minimum absolute atomic E-state index is 0.0298. The number of carbonyl (C=O) groups excluding carboxylic acids is 1. The molecule has 2 aromatic carbocycles. The van der Waals surface area contributed by atoms with E-state index in [-0.39, 0.29) is 11.9 Å². The van der Waals surface area contributed by atoms with Crippen molar-refractivity contribution in [1.29, 1.82) is 0 Å². The van der Waals surface area contributed by atoms with Crippen LogP contribution < -0.4 is 5.32 Å². The predicted octanol–water partition coefficient (Wildman–Crippen LogP) is 5.37. The molecule has 3 aromatic rings. The Morgan fingerprint density at radius 2 is 1.90 bits per heavy atom. The van der Waals surface area contributed by atoms with E-state index in [1.54, 1.807) is 0 Å². The maximum absolute atomic E-state index is 12.7. The Kier molecular flexibility index (Phi) is 6.39. The molecule has 0 bridgehead atoms. The molecule has 2 heterocycles. The van der Waals surface area contributed by atoms with E-state index < -0.39 is 5.97 Å². The molecule has 1 saturated heterocycles. The Morgan fingerprint density at radius 1 is 1.16 bits per heavy atom. The van der Waals surface area contributed by atoms with E-state index in [0.717, 1.165) is 40.7 Å². The molecule has 6 heteroatoms. The van der Waals surface area contributed by atoms with Gasteiger partial charge in [0.15, 0.2) is 0 Å². The molecule has 1 aliphatic rings. The third-order valence-corrected chi connectivity index (χ3v) is 7.24. The fourth-order valence-electron chi connectivity index (χ4n) is 4.38. The number of aromatic carboxylic acids is 1. The van der Waals surface area contributed by atoms with Gasteiger partial charge in [0.25, 0.3) is 0 Å². The van der Waals surface area contributed by atoms with Gasteiger partial charge >= 0.3 is 5.97 Å². The predicted molar refractivity (Wildman–Crippen MR) is 126 cm³/mol. The van der Waals surface area contributed by atoms with Crippen molar-refractivity contribution in [2.75, 3.05) is 18.4 Å². The van der Waals surface area contributed by atoms with Crippen LogP contribution in [-0.4, -0.2) is 41.0 Å². The average molecular weight is 437 g/mol. The second kappa shape index (κ2) is 9.20. The molecule has 0 spiro atoms. The van der Waals surface area contributed by atoms with Crippen molar-refractivity contribution < 1.29 is 14.7 Å². The summed E-state index contributed by atoms with van der Waals surface area (Å²) in [5.74, 6) is -0.444. The molecule has 1 aliphatic heterocycles. The summed E-state index contributed by atoms with van der Waals surface area (Å²) in [5, 5.41) is 13.7. The average Bonchev–Trinajstić information content (AvgIpc) is 3.33. The summed E-state index contributed by atoms with van der Waals surface area (Å²) in [6.45, 7) is 5.47. The Labute approximate surface area is 186 Å². The summed E-state index contributed by atoms with van der Waals surface area (Å²) in [6, 6.07) is 16.0. The number of hydrogen-bond acceptors (Lipinski definition) is 4. The lowest BCUT2D eigenvalue weighted by Crippen LogP contribution is -2.38. The number of hydrogen-bond donors (Lipinski definition) is 2. The number of carbonyl (C=O) groups is 2. The second-order valence-corrected chi connectivity index (χ2v) is 9.56. The third-order valence-electron chi connectivity index (χ3n) is 6.04. The van der Waals surface area contributed by atoms with Gasteiger partial charge in [0.05, 0.1) is 6.54 Å². The first-order valence-corrected chi connectivity index (χ1v) is 11.6. The minimum atomic E-state index is -0.872. The van der Waals surface area contributed by atoms with Gasteiger partial charge < -0.3 is 10.4 Å². The van der Waals surface area contributed by atoms with Gasteiger partial charge in [0.2, 0.25) is 5.91 Å². The number of benzene rings is 2. The number of thiophene rings is 1. The van der Waals surface area contributed by atoms with Gasteiger partial charge in [-0.05, 0) is 66.4 Å². The monoisotopic (exact) mass is 436 g/mol. The van der Waals surface area contributed by atoms with Crippen LogP contribution in [0.4, 0.5) is 5.69 Å². The van der Waals surface area contributed by atoms with Crippen LogP contribution in [0.3, 0.4) is 0 Å². The van der Waals surface area contributed by atoms with Crippen molar-refractivity contribution in [2.45, 2.75) is 45.1 Å². The van der Waals surface area contributed by atoms with E-state index in [1.165, 1.54) is 16.9 Å². The molecule has 31 heavy (non-hydrogen) atoms. The molecule has 0 saturated carbocycles. The fourth-order valence-corrected chi connectivity index (χ4v) is 5.45. The fraction of sp³-hybridized carbons (Fsp3) is 0.360. The minimum Gasteiger partial charge on any atom is -0.477 e. The number of rotatable bonds is 7. The molecule has 5 nitrogen and oxygen atoms in total. The summed E-state index contributed by atoms with van der Waals surface area (Å²) in [4.78, 5) is 27.1. The number of carboxylic acids is 1. The zero-order valence-electron chi connectivity index (χ0n) is 17.9. The highest BCUT2D eigenvalue weighted by molar-refractivity contribution is 7.21. The smallest absolute Gasteiger partial charge is 0.346 e. The zero-order chi connectivity index (χ0) is 22.0. The Bertz CT molecular complexity index is 1090. The van der Waals surface area contributed by atoms with Crippen LogP contribution >= 0.6 is 11.3 Å². The second-order valence-electron chi connectivity index (χ2n) is 8.51. The number of amides is 1. The van der Waals surface area contributed by atoms with Gasteiger partial charge in [0.1, 0.15) is 4.88 Å². The van der Waals surface area contributed by atoms with Crippen LogP contribution in [0.5, 0.6) is 0 Å². The van der Waals surface area contributed by atoms with Gasteiger partial charge in [-0.2, -0.15) is 0 Å². The summed E-state index contributed by atoms with van der Waals surface area (Å²) < 4.78 is 1.00. The molecule has 1 atom stereocenters. The largest absolute Gasteiger partial charge is 0.477 e. The maximum Gasteiger partial charge on any atom is 0.346 e. The topological polar surface area (TPSA) is 69.6 Å². The highest BCUT2D eigenvalue weighted by Crippen LogP contribution is 2.34. The normalized spacial score (nSPS) is 16.8. The summed E-state index contributed by atoms with van der Waals surface area (Å²) >= 11 is 1.34. The van der Waals surface area contributed by atoms with Crippen molar-refractivity contribution in [3.8, 4) is 0 Å². The van der Waals surface area contributed by atoms with Crippen molar-refractivity contribution in [1.82, 2.24) is 4.90 Å². The van der Waals surface area contributed by atoms with Gasteiger partial charge in [-0.25, -0.2) is 4.79 Å². The number of nitrogens with zero attached hydrogens (tertiary/aromatic N) is 1. The molecule has 0 unspecified atom stereocenters. The summed E-state index contributed by atoms with van der Waals surface area (Å²) in [6.07, 6.45) is 2.65. The van der Waals surface area contributed by atoms with E-state index in [1.807, 2.05) is 48.5 Å². The Hall–Kier alpha value is -2.70.